The quantitative estimate of drug-likeness (QED) is 0.772. The fraction of sp³-hybridized carbons (Fsp3) is 0.333. The number of rotatable bonds is 1. The zero-order chi connectivity index (χ0) is 11.7. The molecule has 1 N–H and O–H groups in total. The predicted molar refractivity (Wildman–Crippen MR) is 59.6 cm³/mol. The van der Waals surface area contributed by atoms with Crippen LogP contribution in [0.5, 0.6) is 0 Å². The summed E-state index contributed by atoms with van der Waals surface area (Å²) in [6.07, 6.45) is 0.397. The van der Waals surface area contributed by atoms with Crippen molar-refractivity contribution in [1.82, 2.24) is 5.43 Å². The Kier molecular flexibility index (Phi) is 2.73. The molecule has 16 heavy (non-hydrogen) atoms. The van der Waals surface area contributed by atoms with E-state index in [9.17, 15) is 9.18 Å². The van der Waals surface area contributed by atoms with Crippen LogP contribution in [-0.4, -0.2) is 11.6 Å². The van der Waals surface area contributed by atoms with E-state index in [4.69, 9.17) is 0 Å². The molecule has 1 amide bonds. The number of hydrogen-bond acceptors (Lipinski definition) is 2. The number of nitrogens with one attached hydrogen (secondary N) is 1. The summed E-state index contributed by atoms with van der Waals surface area (Å²) in [4.78, 5) is 11.1. The molecule has 0 saturated heterocycles. The van der Waals surface area contributed by atoms with Crippen molar-refractivity contribution in [3.8, 4) is 0 Å². The average molecular weight is 220 g/mol. The van der Waals surface area contributed by atoms with Crippen LogP contribution in [0.2, 0.25) is 0 Å². The predicted octanol–water partition coefficient (Wildman–Crippen LogP) is 1.99. The van der Waals surface area contributed by atoms with E-state index in [1.54, 1.807) is 13.0 Å². The molecular formula is C12H13FN2O. The maximum atomic E-state index is 13.4. The second kappa shape index (κ2) is 4.04. The first-order valence-electron chi connectivity index (χ1n) is 5.21. The molecule has 0 fully saturated rings. The molecule has 0 radical (unpaired) electrons. The second-order valence-corrected chi connectivity index (χ2v) is 4.10. The molecule has 0 spiro atoms. The Morgan fingerprint density at radius 1 is 1.50 bits per heavy atom. The summed E-state index contributed by atoms with van der Waals surface area (Å²) in [5, 5.41) is 3.98. The molecule has 4 heteroatoms. The van der Waals surface area contributed by atoms with Gasteiger partial charge in [0.05, 0.1) is 5.71 Å². The van der Waals surface area contributed by atoms with Crippen LogP contribution in [0.4, 0.5) is 4.39 Å². The number of carbonyl (C=O) groups is 1. The zero-order valence-corrected chi connectivity index (χ0v) is 9.25. The normalized spacial score (nSPS) is 20.3. The molecule has 84 valence electrons. The summed E-state index contributed by atoms with van der Waals surface area (Å²) in [6.45, 7) is 3.63. The average Bonchev–Trinajstić information content (AvgIpc) is 2.22. The van der Waals surface area contributed by atoms with Crippen LogP contribution in [0.1, 0.15) is 24.5 Å². The maximum Gasteiger partial charge on any atom is 0.240 e. The highest BCUT2D eigenvalue weighted by Gasteiger charge is 2.21. The van der Waals surface area contributed by atoms with Gasteiger partial charge in [-0.1, -0.05) is 19.1 Å². The fourth-order valence-corrected chi connectivity index (χ4v) is 1.75. The molecule has 0 bridgehead atoms. The van der Waals surface area contributed by atoms with Gasteiger partial charge in [-0.05, 0) is 18.6 Å². The van der Waals surface area contributed by atoms with E-state index in [-0.39, 0.29) is 17.6 Å². The lowest BCUT2D eigenvalue weighted by Gasteiger charge is -2.19. The fourth-order valence-electron chi connectivity index (χ4n) is 1.75. The molecule has 2 rings (SSSR count). The molecule has 1 aliphatic heterocycles. The van der Waals surface area contributed by atoms with Crippen LogP contribution < -0.4 is 5.43 Å². The SMILES string of the molecule is Cc1ccc(C2=NNC(=O)CC2C)cc1F. The third-order valence-corrected chi connectivity index (χ3v) is 2.73. The van der Waals surface area contributed by atoms with Crippen LogP contribution in [0.15, 0.2) is 23.3 Å². The van der Waals surface area contributed by atoms with Crippen LogP contribution in [0.3, 0.4) is 0 Å². The van der Waals surface area contributed by atoms with Gasteiger partial charge in [0.15, 0.2) is 0 Å². The van der Waals surface area contributed by atoms with E-state index >= 15 is 0 Å². The largest absolute Gasteiger partial charge is 0.273 e. The topological polar surface area (TPSA) is 41.5 Å². The third kappa shape index (κ3) is 1.96. The highest BCUT2D eigenvalue weighted by atomic mass is 19.1. The molecule has 3 nitrogen and oxygen atoms in total. The number of amides is 1. The van der Waals surface area contributed by atoms with Crippen molar-refractivity contribution in [2.45, 2.75) is 20.3 Å². The lowest BCUT2D eigenvalue weighted by atomic mass is 9.93. The van der Waals surface area contributed by atoms with Gasteiger partial charge in [-0.2, -0.15) is 5.10 Å². The van der Waals surface area contributed by atoms with Gasteiger partial charge in [-0.15, -0.1) is 0 Å². The smallest absolute Gasteiger partial charge is 0.240 e. The lowest BCUT2D eigenvalue weighted by molar-refractivity contribution is -0.121. The number of hydrazone groups is 1. The molecule has 1 aromatic carbocycles. The van der Waals surface area contributed by atoms with E-state index in [1.807, 2.05) is 13.0 Å². The minimum absolute atomic E-state index is 0.0239. The molecule has 1 unspecified atom stereocenters. The molecule has 0 saturated carbocycles. The first-order valence-corrected chi connectivity index (χ1v) is 5.21. The lowest BCUT2D eigenvalue weighted by Crippen LogP contribution is -2.32. The summed E-state index contributed by atoms with van der Waals surface area (Å²) in [5.41, 5.74) is 4.50. The van der Waals surface area contributed by atoms with Gasteiger partial charge in [0.25, 0.3) is 0 Å². The molecule has 1 aliphatic rings. The minimum Gasteiger partial charge on any atom is -0.273 e. The van der Waals surface area contributed by atoms with E-state index in [2.05, 4.69) is 10.5 Å². The number of hydrogen-bond donors (Lipinski definition) is 1. The summed E-state index contributed by atoms with van der Waals surface area (Å²) in [5.74, 6) is -0.316. The Labute approximate surface area is 93.4 Å². The van der Waals surface area contributed by atoms with Gasteiger partial charge in [-0.25, -0.2) is 9.82 Å². The molecule has 0 aliphatic carbocycles. The first-order chi connectivity index (χ1) is 7.58. The van der Waals surface area contributed by atoms with Crippen LogP contribution in [0.25, 0.3) is 0 Å². The van der Waals surface area contributed by atoms with Gasteiger partial charge < -0.3 is 0 Å². The van der Waals surface area contributed by atoms with Crippen molar-refractivity contribution in [3.05, 3.63) is 35.1 Å². The van der Waals surface area contributed by atoms with E-state index < -0.39 is 0 Å². The van der Waals surface area contributed by atoms with E-state index in [1.165, 1.54) is 6.07 Å². The molecule has 1 atom stereocenters. The Bertz CT molecular complexity index is 468. The summed E-state index contributed by atoms with van der Waals surface area (Å²) < 4.78 is 13.4. The first kappa shape index (κ1) is 10.8. The van der Waals surface area contributed by atoms with Crippen molar-refractivity contribution >= 4 is 11.6 Å². The third-order valence-electron chi connectivity index (χ3n) is 2.73. The highest BCUT2D eigenvalue weighted by Crippen LogP contribution is 2.18. The molecule has 1 heterocycles. The summed E-state index contributed by atoms with van der Waals surface area (Å²) in [7, 11) is 0. The molecule has 0 aromatic heterocycles. The van der Waals surface area contributed by atoms with E-state index in [0.717, 1.165) is 11.3 Å². The Morgan fingerprint density at radius 3 is 2.88 bits per heavy atom. The zero-order valence-electron chi connectivity index (χ0n) is 9.25. The summed E-state index contributed by atoms with van der Waals surface area (Å²) in [6, 6.07) is 5.00. The Balaban J connectivity index is 2.37. The van der Waals surface area contributed by atoms with Gasteiger partial charge in [-0.3, -0.25) is 4.79 Å². The monoisotopic (exact) mass is 220 g/mol. The number of aryl methyl sites for hydroxylation is 1. The number of benzene rings is 1. The number of nitrogens with zero attached hydrogens (tertiary/aromatic N) is 1. The van der Waals surface area contributed by atoms with Crippen LogP contribution in [0, 0.1) is 18.7 Å². The van der Waals surface area contributed by atoms with Crippen molar-refractivity contribution < 1.29 is 9.18 Å². The summed E-state index contributed by atoms with van der Waals surface area (Å²) >= 11 is 0. The minimum atomic E-state index is -0.246. The van der Waals surface area contributed by atoms with Gasteiger partial charge in [0, 0.05) is 17.9 Å². The van der Waals surface area contributed by atoms with Gasteiger partial charge >= 0.3 is 0 Å². The van der Waals surface area contributed by atoms with Crippen molar-refractivity contribution in [2.75, 3.05) is 0 Å². The van der Waals surface area contributed by atoms with Gasteiger partial charge in [0.1, 0.15) is 5.82 Å². The van der Waals surface area contributed by atoms with Crippen molar-refractivity contribution in [3.63, 3.8) is 0 Å². The van der Waals surface area contributed by atoms with E-state index in [0.29, 0.717) is 12.0 Å². The maximum absolute atomic E-state index is 13.4. The second-order valence-electron chi connectivity index (χ2n) is 4.10. The standard InChI is InChI=1S/C12H13FN2O/c1-7-3-4-9(6-10(7)13)12-8(2)5-11(16)14-15-12/h3-4,6,8H,5H2,1-2H3,(H,14,16). The highest BCUT2D eigenvalue weighted by molar-refractivity contribution is 6.05. The number of carbonyl (C=O) groups excluding carboxylic acids is 1. The van der Waals surface area contributed by atoms with Crippen molar-refractivity contribution in [2.24, 2.45) is 11.0 Å². The molecule has 1 aromatic rings. The van der Waals surface area contributed by atoms with Crippen LogP contribution in [-0.2, 0) is 4.79 Å². The Morgan fingerprint density at radius 2 is 2.25 bits per heavy atom. The van der Waals surface area contributed by atoms with Crippen molar-refractivity contribution in [1.29, 1.82) is 0 Å². The van der Waals surface area contributed by atoms with Gasteiger partial charge in [0.2, 0.25) is 5.91 Å². The van der Waals surface area contributed by atoms with Crippen LogP contribution >= 0.6 is 0 Å². The number of halogens is 1. The molecular weight excluding hydrogens is 207 g/mol. The Hall–Kier alpha value is -1.71.